The molecule has 3 rings (SSSR count). The first-order valence-corrected chi connectivity index (χ1v) is 7.89. The molecule has 1 fully saturated rings. The van der Waals surface area contributed by atoms with Gasteiger partial charge in [0.15, 0.2) is 0 Å². The Morgan fingerprint density at radius 3 is 3.00 bits per heavy atom. The van der Waals surface area contributed by atoms with Gasteiger partial charge in [-0.15, -0.1) is 12.4 Å². The van der Waals surface area contributed by atoms with Crippen molar-refractivity contribution in [3.05, 3.63) is 53.6 Å². The number of halogens is 2. The quantitative estimate of drug-likeness (QED) is 0.920. The lowest BCUT2D eigenvalue weighted by atomic mass is 10.1. The molecule has 2 aromatic rings. The number of hydrogen-bond donors (Lipinski definition) is 1. The molecule has 1 N–H and O–H groups in total. The van der Waals surface area contributed by atoms with E-state index in [1.807, 2.05) is 10.9 Å². The maximum absolute atomic E-state index is 13.2. The molecule has 5 nitrogen and oxygen atoms in total. The topological polar surface area (TPSA) is 50.2 Å². The molecule has 1 saturated heterocycles. The molecule has 1 aliphatic rings. The minimum absolute atomic E-state index is 0. The number of nitrogens with one attached hydrogen (secondary N) is 1. The van der Waals surface area contributed by atoms with Crippen LogP contribution < -0.4 is 5.32 Å². The Kier molecular flexibility index (Phi) is 6.34. The van der Waals surface area contributed by atoms with Crippen molar-refractivity contribution < 1.29 is 9.18 Å². The zero-order valence-electron chi connectivity index (χ0n) is 13.6. The van der Waals surface area contributed by atoms with Crippen LogP contribution in [0.5, 0.6) is 0 Å². The van der Waals surface area contributed by atoms with Crippen molar-refractivity contribution in [1.82, 2.24) is 20.0 Å². The molecule has 1 unspecified atom stereocenters. The van der Waals surface area contributed by atoms with Gasteiger partial charge in [-0.25, -0.2) is 4.39 Å². The van der Waals surface area contributed by atoms with Crippen molar-refractivity contribution in [1.29, 1.82) is 0 Å². The molecule has 1 aromatic heterocycles. The average Bonchev–Trinajstić information content (AvgIpc) is 3.05. The highest BCUT2D eigenvalue weighted by molar-refractivity contribution is 5.91. The van der Waals surface area contributed by atoms with Gasteiger partial charge in [0.25, 0.3) is 5.91 Å². The summed E-state index contributed by atoms with van der Waals surface area (Å²) in [6.07, 6.45) is 4.05. The van der Waals surface area contributed by atoms with Crippen LogP contribution in [0.4, 0.5) is 4.39 Å². The summed E-state index contributed by atoms with van der Waals surface area (Å²) >= 11 is 0. The van der Waals surface area contributed by atoms with Gasteiger partial charge in [0.1, 0.15) is 11.5 Å². The van der Waals surface area contributed by atoms with E-state index in [1.165, 1.54) is 12.1 Å². The fourth-order valence-electron chi connectivity index (χ4n) is 2.89. The van der Waals surface area contributed by atoms with Gasteiger partial charge in [0.2, 0.25) is 0 Å². The van der Waals surface area contributed by atoms with E-state index in [-0.39, 0.29) is 24.1 Å². The third-order valence-electron chi connectivity index (χ3n) is 4.13. The Morgan fingerprint density at radius 2 is 2.29 bits per heavy atom. The summed E-state index contributed by atoms with van der Waals surface area (Å²) in [7, 11) is 1.70. The number of aromatic nitrogens is 2. The SMILES string of the molecule is CN(Cc1cccc(F)c1)C(=O)c1ccn(C2CCCNC2)n1.Cl. The highest BCUT2D eigenvalue weighted by Gasteiger charge is 2.19. The van der Waals surface area contributed by atoms with Crippen molar-refractivity contribution in [3.8, 4) is 0 Å². The molecule has 0 aliphatic carbocycles. The Labute approximate surface area is 147 Å². The second-order valence-electron chi connectivity index (χ2n) is 5.97. The van der Waals surface area contributed by atoms with Crippen LogP contribution in [0.25, 0.3) is 0 Å². The van der Waals surface area contributed by atoms with Crippen molar-refractivity contribution in [2.75, 3.05) is 20.1 Å². The van der Waals surface area contributed by atoms with Crippen LogP contribution in [0.15, 0.2) is 36.5 Å². The fraction of sp³-hybridized carbons (Fsp3) is 0.412. The third-order valence-corrected chi connectivity index (χ3v) is 4.13. The molecule has 2 heterocycles. The van der Waals surface area contributed by atoms with Gasteiger partial charge < -0.3 is 10.2 Å². The lowest BCUT2D eigenvalue weighted by Crippen LogP contribution is -2.32. The van der Waals surface area contributed by atoms with E-state index in [0.29, 0.717) is 18.3 Å². The molecule has 0 radical (unpaired) electrons. The molecule has 1 aromatic carbocycles. The zero-order chi connectivity index (χ0) is 16.2. The third kappa shape index (κ3) is 4.33. The van der Waals surface area contributed by atoms with Crippen LogP contribution in [-0.2, 0) is 6.54 Å². The van der Waals surface area contributed by atoms with Gasteiger partial charge in [0, 0.05) is 26.3 Å². The number of rotatable bonds is 4. The summed E-state index contributed by atoms with van der Waals surface area (Å²) in [5, 5.41) is 7.77. The number of hydrogen-bond acceptors (Lipinski definition) is 3. The molecule has 0 saturated carbocycles. The van der Waals surface area contributed by atoms with E-state index in [1.54, 1.807) is 30.1 Å². The largest absolute Gasteiger partial charge is 0.336 e. The molecule has 130 valence electrons. The van der Waals surface area contributed by atoms with Crippen molar-refractivity contribution in [2.45, 2.75) is 25.4 Å². The molecular weight excluding hydrogens is 331 g/mol. The summed E-state index contributed by atoms with van der Waals surface area (Å²) in [5.74, 6) is -0.450. The normalized spacial score (nSPS) is 17.2. The number of piperidine rings is 1. The molecule has 1 amide bonds. The predicted molar refractivity (Wildman–Crippen MR) is 92.8 cm³/mol. The van der Waals surface area contributed by atoms with E-state index in [4.69, 9.17) is 0 Å². The van der Waals surface area contributed by atoms with E-state index in [2.05, 4.69) is 10.4 Å². The Balaban J connectivity index is 0.00000208. The first-order chi connectivity index (χ1) is 11.1. The number of carbonyl (C=O) groups is 1. The van der Waals surface area contributed by atoms with Crippen LogP contribution in [0.1, 0.15) is 34.9 Å². The van der Waals surface area contributed by atoms with Gasteiger partial charge in [-0.2, -0.15) is 5.10 Å². The zero-order valence-corrected chi connectivity index (χ0v) is 14.4. The maximum Gasteiger partial charge on any atom is 0.274 e. The van der Waals surface area contributed by atoms with Crippen LogP contribution in [0, 0.1) is 5.82 Å². The predicted octanol–water partition coefficient (Wildman–Crippen LogP) is 2.64. The monoisotopic (exact) mass is 352 g/mol. The lowest BCUT2D eigenvalue weighted by molar-refractivity contribution is 0.0777. The highest BCUT2D eigenvalue weighted by atomic mass is 35.5. The standard InChI is InChI=1S/C17H21FN4O.ClH/c1-21(12-13-4-2-5-14(18)10-13)17(23)16-7-9-22(20-16)15-6-3-8-19-11-15;/h2,4-5,7,9-10,15,19H,3,6,8,11-12H2,1H3;1H. The minimum atomic E-state index is -0.294. The van der Waals surface area contributed by atoms with E-state index >= 15 is 0 Å². The molecular formula is C17H22ClFN4O. The van der Waals surface area contributed by atoms with Gasteiger partial charge in [-0.3, -0.25) is 9.48 Å². The highest BCUT2D eigenvalue weighted by Crippen LogP contribution is 2.16. The van der Waals surface area contributed by atoms with Gasteiger partial charge in [-0.1, -0.05) is 12.1 Å². The van der Waals surface area contributed by atoms with Crippen LogP contribution in [0.3, 0.4) is 0 Å². The number of nitrogens with zero attached hydrogens (tertiary/aromatic N) is 3. The molecule has 7 heteroatoms. The molecule has 1 atom stereocenters. The second kappa shape index (κ2) is 8.26. The van der Waals surface area contributed by atoms with Crippen molar-refractivity contribution in [3.63, 3.8) is 0 Å². The molecule has 0 bridgehead atoms. The summed E-state index contributed by atoms with van der Waals surface area (Å²) < 4.78 is 15.1. The first-order valence-electron chi connectivity index (χ1n) is 7.89. The van der Waals surface area contributed by atoms with E-state index in [0.717, 1.165) is 31.5 Å². The second-order valence-corrected chi connectivity index (χ2v) is 5.97. The van der Waals surface area contributed by atoms with Gasteiger partial charge in [0.05, 0.1) is 6.04 Å². The van der Waals surface area contributed by atoms with Crippen LogP contribution >= 0.6 is 12.4 Å². The van der Waals surface area contributed by atoms with Crippen molar-refractivity contribution >= 4 is 18.3 Å². The maximum atomic E-state index is 13.2. The van der Waals surface area contributed by atoms with Gasteiger partial charge >= 0.3 is 0 Å². The Hall–Kier alpha value is -1.92. The summed E-state index contributed by atoms with van der Waals surface area (Å²) in [4.78, 5) is 14.0. The van der Waals surface area contributed by atoms with E-state index < -0.39 is 0 Å². The summed E-state index contributed by atoms with van der Waals surface area (Å²) in [5.41, 5.74) is 1.19. The number of benzene rings is 1. The minimum Gasteiger partial charge on any atom is -0.336 e. The fourth-order valence-corrected chi connectivity index (χ4v) is 2.89. The average molecular weight is 353 g/mol. The first kappa shape index (κ1) is 18.4. The van der Waals surface area contributed by atoms with Gasteiger partial charge in [-0.05, 0) is 43.1 Å². The Bertz CT molecular complexity index is 685. The van der Waals surface area contributed by atoms with Crippen molar-refractivity contribution in [2.24, 2.45) is 0 Å². The van der Waals surface area contributed by atoms with E-state index in [9.17, 15) is 9.18 Å². The molecule has 0 spiro atoms. The molecule has 24 heavy (non-hydrogen) atoms. The molecule has 1 aliphatic heterocycles. The number of amides is 1. The summed E-state index contributed by atoms with van der Waals surface area (Å²) in [6.45, 7) is 2.28. The smallest absolute Gasteiger partial charge is 0.274 e. The van der Waals surface area contributed by atoms with Crippen LogP contribution in [0.2, 0.25) is 0 Å². The lowest BCUT2D eigenvalue weighted by Gasteiger charge is -2.23. The Morgan fingerprint density at radius 1 is 1.46 bits per heavy atom. The summed E-state index contributed by atoms with van der Waals surface area (Å²) in [6, 6.07) is 8.34. The number of carbonyl (C=O) groups excluding carboxylic acids is 1. The van der Waals surface area contributed by atoms with Crippen LogP contribution in [-0.4, -0.2) is 40.7 Å².